The number of rotatable bonds is 6. The molecule has 0 aromatic heterocycles. The lowest BCUT2D eigenvalue weighted by atomic mass is 10.3. The summed E-state index contributed by atoms with van der Waals surface area (Å²) in [5.74, 6) is -1.92. The number of carbonyl (C=O) groups is 1. The topological polar surface area (TPSA) is 83.9 Å². The van der Waals surface area contributed by atoms with Crippen molar-refractivity contribution in [2.45, 2.75) is 4.90 Å². The zero-order valence-electron chi connectivity index (χ0n) is 12.7. The van der Waals surface area contributed by atoms with E-state index in [1.807, 2.05) is 0 Å². The predicted octanol–water partition coefficient (Wildman–Crippen LogP) is 3.42. The van der Waals surface area contributed by atoms with Crippen LogP contribution < -0.4 is 9.04 Å². The van der Waals surface area contributed by atoms with Crippen molar-refractivity contribution in [3.63, 3.8) is 0 Å². The van der Waals surface area contributed by atoms with Crippen molar-refractivity contribution < 1.29 is 27.4 Å². The largest absolute Gasteiger partial charge is 0.495 e. The number of carboxylic acids is 1. The molecule has 0 unspecified atom stereocenters. The molecule has 2 aromatic carbocycles. The molecule has 0 aliphatic heterocycles. The molecule has 0 spiro atoms. The highest BCUT2D eigenvalue weighted by Crippen LogP contribution is 2.38. The minimum Gasteiger partial charge on any atom is -0.495 e. The first kappa shape index (κ1) is 19.3. The molecule has 2 rings (SSSR count). The number of anilines is 1. The highest BCUT2D eigenvalue weighted by molar-refractivity contribution is 7.92. The Bertz CT molecular complexity index is 903. The molecule has 0 aliphatic rings. The standard InChI is InChI=1S/C15H12Cl2FNO5S/c1-24-14-7-13(11(16)6-12(14)17)19(8-15(20)21)25(22,23)10-4-2-9(18)3-5-10/h2-7H,8H2,1H3,(H,20,21). The minimum absolute atomic E-state index is 0.0854. The molecule has 0 atom stereocenters. The highest BCUT2D eigenvalue weighted by atomic mass is 35.5. The van der Waals surface area contributed by atoms with Crippen molar-refractivity contribution in [1.82, 2.24) is 0 Å². The fourth-order valence-corrected chi connectivity index (χ4v) is 4.06. The Labute approximate surface area is 153 Å². The van der Waals surface area contributed by atoms with Gasteiger partial charge in [-0.3, -0.25) is 9.10 Å². The van der Waals surface area contributed by atoms with Crippen LogP contribution in [0.1, 0.15) is 0 Å². The molecule has 0 amide bonds. The molecular formula is C15H12Cl2FNO5S. The molecule has 0 aliphatic carbocycles. The van der Waals surface area contributed by atoms with Gasteiger partial charge < -0.3 is 9.84 Å². The normalized spacial score (nSPS) is 11.2. The van der Waals surface area contributed by atoms with Crippen molar-refractivity contribution in [3.05, 3.63) is 52.3 Å². The molecule has 134 valence electrons. The molecule has 6 nitrogen and oxygen atoms in total. The number of methoxy groups -OCH3 is 1. The van der Waals surface area contributed by atoms with Crippen LogP contribution in [0.2, 0.25) is 10.0 Å². The molecule has 0 bridgehead atoms. The third-order valence-corrected chi connectivity index (χ3v) is 5.54. The van der Waals surface area contributed by atoms with E-state index in [0.29, 0.717) is 4.31 Å². The minimum atomic E-state index is -4.32. The first-order chi connectivity index (χ1) is 11.7. The maximum absolute atomic E-state index is 13.1. The van der Waals surface area contributed by atoms with Crippen LogP contribution in [0.4, 0.5) is 10.1 Å². The molecule has 0 fully saturated rings. The molecule has 1 N–H and O–H groups in total. The number of halogens is 3. The van der Waals surface area contributed by atoms with Gasteiger partial charge in [0.05, 0.1) is 27.7 Å². The number of aliphatic carboxylic acids is 1. The van der Waals surface area contributed by atoms with Crippen LogP contribution >= 0.6 is 23.2 Å². The fourth-order valence-electron chi connectivity index (χ4n) is 2.02. The van der Waals surface area contributed by atoms with Gasteiger partial charge in [0, 0.05) is 6.07 Å². The van der Waals surface area contributed by atoms with E-state index in [4.69, 9.17) is 33.0 Å². The predicted molar refractivity (Wildman–Crippen MR) is 91.6 cm³/mol. The van der Waals surface area contributed by atoms with E-state index >= 15 is 0 Å². The monoisotopic (exact) mass is 407 g/mol. The number of nitrogens with zero attached hydrogens (tertiary/aromatic N) is 1. The van der Waals surface area contributed by atoms with Crippen LogP contribution in [-0.2, 0) is 14.8 Å². The number of benzene rings is 2. The molecule has 0 heterocycles. The zero-order chi connectivity index (χ0) is 18.8. The van der Waals surface area contributed by atoms with Gasteiger partial charge in [-0.05, 0) is 30.3 Å². The van der Waals surface area contributed by atoms with Gasteiger partial charge in [0.1, 0.15) is 18.1 Å². The average molecular weight is 408 g/mol. The Hall–Kier alpha value is -2.03. The molecule has 0 saturated carbocycles. The second-order valence-corrected chi connectivity index (χ2v) is 7.47. The van der Waals surface area contributed by atoms with Crippen LogP contribution in [0.25, 0.3) is 0 Å². The van der Waals surface area contributed by atoms with E-state index in [1.54, 1.807) is 0 Å². The van der Waals surface area contributed by atoms with E-state index < -0.39 is 28.4 Å². The van der Waals surface area contributed by atoms with Crippen LogP contribution in [0, 0.1) is 5.82 Å². The SMILES string of the molecule is COc1cc(N(CC(=O)O)S(=O)(=O)c2ccc(F)cc2)c(Cl)cc1Cl. The highest BCUT2D eigenvalue weighted by Gasteiger charge is 2.29. The van der Waals surface area contributed by atoms with Gasteiger partial charge in [0.2, 0.25) is 0 Å². The summed E-state index contributed by atoms with van der Waals surface area (Å²) < 4.78 is 44.3. The first-order valence-electron chi connectivity index (χ1n) is 6.70. The summed E-state index contributed by atoms with van der Waals surface area (Å²) in [4.78, 5) is 10.9. The van der Waals surface area contributed by atoms with Gasteiger partial charge in [-0.1, -0.05) is 23.2 Å². The number of ether oxygens (including phenoxy) is 1. The van der Waals surface area contributed by atoms with Crippen LogP contribution in [0.3, 0.4) is 0 Å². The van der Waals surface area contributed by atoms with Crippen molar-refractivity contribution in [2.75, 3.05) is 18.0 Å². The van der Waals surface area contributed by atoms with Crippen molar-refractivity contribution in [3.8, 4) is 5.75 Å². The van der Waals surface area contributed by atoms with Crippen LogP contribution in [-0.4, -0.2) is 33.1 Å². The van der Waals surface area contributed by atoms with Crippen LogP contribution in [0.5, 0.6) is 5.75 Å². The number of hydrogen-bond acceptors (Lipinski definition) is 4. The van der Waals surface area contributed by atoms with Gasteiger partial charge in [0.25, 0.3) is 10.0 Å². The second kappa shape index (κ2) is 7.47. The molecular weight excluding hydrogens is 396 g/mol. The lowest BCUT2D eigenvalue weighted by Crippen LogP contribution is -2.36. The van der Waals surface area contributed by atoms with Crippen molar-refractivity contribution in [1.29, 1.82) is 0 Å². The third-order valence-electron chi connectivity index (χ3n) is 3.17. The zero-order valence-corrected chi connectivity index (χ0v) is 15.1. The van der Waals surface area contributed by atoms with Gasteiger partial charge >= 0.3 is 5.97 Å². The molecule has 25 heavy (non-hydrogen) atoms. The quantitative estimate of drug-likeness (QED) is 0.792. The third kappa shape index (κ3) is 4.15. The summed E-state index contributed by atoms with van der Waals surface area (Å²) in [5, 5.41) is 9.15. The Morgan fingerprint density at radius 3 is 2.32 bits per heavy atom. The van der Waals surface area contributed by atoms with Gasteiger partial charge in [0.15, 0.2) is 0 Å². The average Bonchev–Trinajstić information content (AvgIpc) is 2.53. The Morgan fingerprint density at radius 1 is 1.20 bits per heavy atom. The smallest absolute Gasteiger partial charge is 0.324 e. The Morgan fingerprint density at radius 2 is 1.80 bits per heavy atom. The molecule has 0 saturated heterocycles. The summed E-state index contributed by atoms with van der Waals surface area (Å²) in [7, 11) is -3.01. The Balaban J connectivity index is 2.64. The second-order valence-electron chi connectivity index (χ2n) is 4.80. The number of hydrogen-bond donors (Lipinski definition) is 1. The van der Waals surface area contributed by atoms with E-state index in [1.165, 1.54) is 19.2 Å². The number of carboxylic acid groups (broad SMARTS) is 1. The van der Waals surface area contributed by atoms with E-state index in [0.717, 1.165) is 24.3 Å². The molecule has 2 aromatic rings. The van der Waals surface area contributed by atoms with E-state index in [-0.39, 0.29) is 26.4 Å². The summed E-state index contributed by atoms with van der Waals surface area (Å²) in [5.41, 5.74) is -0.130. The van der Waals surface area contributed by atoms with Gasteiger partial charge in [-0.25, -0.2) is 12.8 Å². The van der Waals surface area contributed by atoms with Crippen LogP contribution in [0.15, 0.2) is 41.3 Å². The van der Waals surface area contributed by atoms with Gasteiger partial charge in [-0.2, -0.15) is 0 Å². The summed E-state index contributed by atoms with van der Waals surface area (Å²) >= 11 is 12.0. The Kier molecular flexibility index (Phi) is 5.76. The lowest BCUT2D eigenvalue weighted by Gasteiger charge is -2.24. The molecule has 10 heteroatoms. The maximum Gasteiger partial charge on any atom is 0.324 e. The van der Waals surface area contributed by atoms with E-state index in [2.05, 4.69) is 0 Å². The lowest BCUT2D eigenvalue weighted by molar-refractivity contribution is -0.135. The molecule has 0 radical (unpaired) electrons. The fraction of sp³-hybridized carbons (Fsp3) is 0.133. The summed E-state index contributed by atoms with van der Waals surface area (Å²) in [6.45, 7) is -0.899. The first-order valence-corrected chi connectivity index (χ1v) is 8.89. The maximum atomic E-state index is 13.1. The van der Waals surface area contributed by atoms with Gasteiger partial charge in [-0.15, -0.1) is 0 Å². The number of sulfonamides is 1. The summed E-state index contributed by atoms with van der Waals surface area (Å²) in [6, 6.07) is 6.42. The summed E-state index contributed by atoms with van der Waals surface area (Å²) in [6.07, 6.45) is 0. The van der Waals surface area contributed by atoms with Crippen molar-refractivity contribution in [2.24, 2.45) is 0 Å². The van der Waals surface area contributed by atoms with E-state index in [9.17, 15) is 17.6 Å². The van der Waals surface area contributed by atoms with Crippen molar-refractivity contribution >= 4 is 44.9 Å².